The number of nitrogens with one attached hydrogen (secondary N) is 1. The molecule has 1 saturated heterocycles. The second-order valence-electron chi connectivity index (χ2n) is 3.67. The molecule has 2 N–H and O–H groups in total. The highest BCUT2D eigenvalue weighted by molar-refractivity contribution is 5.75. The fourth-order valence-electron chi connectivity index (χ4n) is 1.51. The molecule has 1 atom stereocenters. The summed E-state index contributed by atoms with van der Waals surface area (Å²) in [6.45, 7) is -0.560. The van der Waals surface area contributed by atoms with Crippen LogP contribution in [0.4, 0.5) is 0 Å². The molecule has 92 valence electrons. The Labute approximate surface area is 91.7 Å². The van der Waals surface area contributed by atoms with E-state index in [1.165, 1.54) is 7.11 Å². The predicted molar refractivity (Wildman–Crippen MR) is 51.4 cm³/mol. The number of carbonyl (C=O) groups excluding carboxylic acids is 1. The van der Waals surface area contributed by atoms with Crippen molar-refractivity contribution in [2.24, 2.45) is 0 Å². The Bertz CT molecular complexity index is 278. The van der Waals surface area contributed by atoms with Gasteiger partial charge in [-0.2, -0.15) is 0 Å². The van der Waals surface area contributed by atoms with E-state index in [2.05, 4.69) is 10.1 Å². The van der Waals surface area contributed by atoms with Gasteiger partial charge in [0.15, 0.2) is 0 Å². The normalized spacial score (nSPS) is 19.6. The summed E-state index contributed by atoms with van der Waals surface area (Å²) in [6.07, 6.45) is 0. The summed E-state index contributed by atoms with van der Waals surface area (Å²) in [4.78, 5) is 21.2. The minimum absolute atomic E-state index is 0.140. The molecular weight excluding hydrogens is 220 g/mol. The van der Waals surface area contributed by atoms with E-state index in [4.69, 9.17) is 9.84 Å². The molecule has 0 spiro atoms. The zero-order chi connectivity index (χ0) is 12.2. The smallest absolute Gasteiger partial charge is 0.325 e. The van der Waals surface area contributed by atoms with Gasteiger partial charge in [-0.25, -0.2) is 0 Å². The molecule has 1 fully saturated rings. The van der Waals surface area contributed by atoms with Crippen LogP contribution in [0.25, 0.3) is 0 Å². The molecule has 0 amide bonds. The van der Waals surface area contributed by atoms with Gasteiger partial charge >= 0.3 is 5.97 Å². The van der Waals surface area contributed by atoms with Gasteiger partial charge in [0.05, 0.1) is 26.9 Å². The summed E-state index contributed by atoms with van der Waals surface area (Å²) in [5.74, 6) is -0.655. The van der Waals surface area contributed by atoms with Crippen molar-refractivity contribution >= 4 is 5.97 Å². The maximum Gasteiger partial charge on any atom is 0.325 e. The number of nitrogens with zero attached hydrogens (tertiary/aromatic N) is 1. The number of methoxy groups -OCH3 is 1. The second kappa shape index (κ2) is 5.19. The monoisotopic (exact) mass is 234 g/mol. The Balaban J connectivity index is 2.60. The van der Waals surface area contributed by atoms with Gasteiger partial charge in [-0.15, -0.1) is 0 Å². The molecule has 1 aliphatic heterocycles. The van der Waals surface area contributed by atoms with Crippen molar-refractivity contribution in [3.05, 3.63) is 10.1 Å². The number of rotatable bonds is 6. The van der Waals surface area contributed by atoms with Crippen LogP contribution in [0, 0.1) is 10.1 Å². The van der Waals surface area contributed by atoms with Crippen LogP contribution in [0.2, 0.25) is 0 Å². The quantitative estimate of drug-likeness (QED) is 0.315. The molecule has 0 unspecified atom stereocenters. The van der Waals surface area contributed by atoms with E-state index >= 15 is 0 Å². The van der Waals surface area contributed by atoms with Gasteiger partial charge < -0.3 is 14.6 Å². The third kappa shape index (κ3) is 2.87. The van der Waals surface area contributed by atoms with Crippen molar-refractivity contribution in [3.63, 3.8) is 0 Å². The van der Waals surface area contributed by atoms with Crippen molar-refractivity contribution in [3.8, 4) is 0 Å². The number of hydrogen-bond donors (Lipinski definition) is 2. The lowest BCUT2D eigenvalue weighted by Crippen LogP contribution is -2.68. The summed E-state index contributed by atoms with van der Waals surface area (Å²) in [7, 11) is 1.18. The van der Waals surface area contributed by atoms with Crippen LogP contribution < -0.4 is 5.32 Å². The lowest BCUT2D eigenvalue weighted by molar-refractivity contribution is -0.498. The van der Waals surface area contributed by atoms with E-state index in [0.29, 0.717) is 0 Å². The summed E-state index contributed by atoms with van der Waals surface area (Å²) in [5.41, 5.74) is -0.884. The largest absolute Gasteiger partial charge is 0.468 e. The van der Waals surface area contributed by atoms with E-state index in [9.17, 15) is 14.9 Å². The van der Waals surface area contributed by atoms with Crippen LogP contribution in [0.1, 0.15) is 0 Å². The molecule has 1 heterocycles. The number of carbonyl (C=O) groups is 1. The second-order valence-corrected chi connectivity index (χ2v) is 3.67. The van der Waals surface area contributed by atoms with Crippen LogP contribution in [0.5, 0.6) is 0 Å². The van der Waals surface area contributed by atoms with E-state index < -0.39 is 29.1 Å². The minimum Gasteiger partial charge on any atom is -0.468 e. The first-order valence-corrected chi connectivity index (χ1v) is 4.69. The van der Waals surface area contributed by atoms with Crippen LogP contribution in [0.15, 0.2) is 0 Å². The maximum atomic E-state index is 11.2. The topological polar surface area (TPSA) is 111 Å². The molecule has 0 aliphatic carbocycles. The number of hydrogen-bond acceptors (Lipinski definition) is 7. The lowest BCUT2D eigenvalue weighted by atomic mass is 9.96. The Morgan fingerprint density at radius 2 is 2.38 bits per heavy atom. The molecule has 8 nitrogen and oxygen atoms in total. The summed E-state index contributed by atoms with van der Waals surface area (Å²) >= 11 is 0. The van der Waals surface area contributed by atoms with Crippen molar-refractivity contribution < 1.29 is 24.3 Å². The fraction of sp³-hybridized carbons (Fsp3) is 0.875. The minimum atomic E-state index is -0.964. The molecule has 16 heavy (non-hydrogen) atoms. The van der Waals surface area contributed by atoms with Gasteiger partial charge in [-0.3, -0.25) is 20.2 Å². The third-order valence-electron chi connectivity index (χ3n) is 2.34. The van der Waals surface area contributed by atoms with Crippen LogP contribution in [0.3, 0.4) is 0 Å². The highest BCUT2D eigenvalue weighted by Gasteiger charge is 2.46. The lowest BCUT2D eigenvalue weighted by Gasteiger charge is -2.40. The van der Waals surface area contributed by atoms with Gasteiger partial charge in [0.25, 0.3) is 0 Å². The highest BCUT2D eigenvalue weighted by Crippen LogP contribution is 2.18. The SMILES string of the molecule is COC(=O)[C@H](CO)NC1(C[N+](=O)[O-])COC1. The molecule has 1 rings (SSSR count). The zero-order valence-electron chi connectivity index (χ0n) is 8.84. The first kappa shape index (κ1) is 12.8. The molecule has 0 saturated carbocycles. The van der Waals surface area contributed by atoms with Crippen molar-refractivity contribution in [1.82, 2.24) is 5.32 Å². The Morgan fingerprint density at radius 3 is 2.69 bits per heavy atom. The standard InChI is InChI=1S/C8H14N2O6/c1-15-7(12)6(2-11)9-8(3-10(13)14)4-16-5-8/h6,9,11H,2-5H2,1H3/t6-/m0/s1. The number of aliphatic hydroxyl groups excluding tert-OH is 1. The van der Waals surface area contributed by atoms with E-state index in [0.717, 1.165) is 0 Å². The van der Waals surface area contributed by atoms with Crippen LogP contribution in [-0.2, 0) is 14.3 Å². The average Bonchev–Trinajstić information content (AvgIpc) is 2.20. The van der Waals surface area contributed by atoms with Crippen LogP contribution >= 0.6 is 0 Å². The molecular formula is C8H14N2O6. The molecule has 0 aromatic rings. The van der Waals surface area contributed by atoms with Gasteiger partial charge in [-0.1, -0.05) is 0 Å². The number of ether oxygens (including phenoxy) is 2. The summed E-state index contributed by atoms with van der Waals surface area (Å²) in [5, 5.41) is 22.1. The predicted octanol–water partition coefficient (Wildman–Crippen LogP) is -1.84. The molecule has 0 aromatic heterocycles. The first-order valence-electron chi connectivity index (χ1n) is 4.69. The zero-order valence-corrected chi connectivity index (χ0v) is 8.84. The molecule has 0 aromatic carbocycles. The van der Waals surface area contributed by atoms with Gasteiger partial charge in [0.1, 0.15) is 11.6 Å². The molecule has 0 radical (unpaired) electrons. The maximum absolute atomic E-state index is 11.2. The first-order chi connectivity index (χ1) is 7.53. The van der Waals surface area contributed by atoms with Crippen molar-refractivity contribution in [1.29, 1.82) is 0 Å². The van der Waals surface area contributed by atoms with Crippen molar-refractivity contribution in [2.45, 2.75) is 11.6 Å². The fourth-order valence-corrected chi connectivity index (χ4v) is 1.51. The van der Waals surface area contributed by atoms with E-state index in [-0.39, 0.29) is 19.8 Å². The summed E-state index contributed by atoms with van der Waals surface area (Å²) in [6, 6.07) is -0.964. The number of nitro groups is 1. The molecule has 1 aliphatic rings. The Kier molecular flexibility index (Phi) is 4.16. The van der Waals surface area contributed by atoms with Gasteiger partial charge in [0.2, 0.25) is 6.54 Å². The molecule has 8 heteroatoms. The summed E-state index contributed by atoms with van der Waals surface area (Å²) < 4.78 is 9.35. The van der Waals surface area contributed by atoms with Crippen LogP contribution in [-0.4, -0.2) is 61.1 Å². The Hall–Kier alpha value is -1.25. The van der Waals surface area contributed by atoms with E-state index in [1.807, 2.05) is 0 Å². The molecule has 0 bridgehead atoms. The highest BCUT2D eigenvalue weighted by atomic mass is 16.6. The van der Waals surface area contributed by atoms with E-state index in [1.54, 1.807) is 0 Å². The number of esters is 1. The van der Waals surface area contributed by atoms with Gasteiger partial charge in [0, 0.05) is 4.92 Å². The Morgan fingerprint density at radius 1 is 1.75 bits per heavy atom. The van der Waals surface area contributed by atoms with Gasteiger partial charge in [-0.05, 0) is 0 Å². The average molecular weight is 234 g/mol. The third-order valence-corrected chi connectivity index (χ3v) is 2.34. The number of aliphatic hydroxyl groups is 1. The van der Waals surface area contributed by atoms with Crippen molar-refractivity contribution in [2.75, 3.05) is 33.5 Å².